The number of hydrogen-bond donors (Lipinski definition) is 3. The van der Waals surface area contributed by atoms with Gasteiger partial charge in [-0.15, -0.1) is 10.2 Å². The van der Waals surface area contributed by atoms with Gasteiger partial charge in [0.25, 0.3) is 0 Å². The van der Waals surface area contributed by atoms with Crippen molar-refractivity contribution in [1.29, 1.82) is 0 Å². The molecule has 5 rings (SSSR count). The van der Waals surface area contributed by atoms with Gasteiger partial charge in [-0.2, -0.15) is 0 Å². The lowest BCUT2D eigenvalue weighted by Crippen LogP contribution is -2.35. The first-order valence-corrected chi connectivity index (χ1v) is 11.7. The first-order chi connectivity index (χ1) is 16.4. The van der Waals surface area contributed by atoms with E-state index >= 15 is 0 Å². The first-order valence-electron chi connectivity index (χ1n) is 11.7. The Morgan fingerprint density at radius 1 is 1.00 bits per heavy atom. The molecule has 3 N–H and O–H groups in total. The van der Waals surface area contributed by atoms with Gasteiger partial charge in [-0.3, -0.25) is 9.78 Å². The molecule has 1 aliphatic heterocycles. The number of piperidine rings is 1. The van der Waals surface area contributed by atoms with E-state index in [1.807, 2.05) is 18.2 Å². The minimum atomic E-state index is -2.67. The molecule has 8 nitrogen and oxygen atoms in total. The fourth-order valence-electron chi connectivity index (χ4n) is 4.55. The van der Waals surface area contributed by atoms with Gasteiger partial charge in [-0.25, -0.2) is 13.8 Å². The summed E-state index contributed by atoms with van der Waals surface area (Å²) in [6.45, 7) is 1.98. The highest BCUT2D eigenvalue weighted by atomic mass is 19.3. The lowest BCUT2D eigenvalue weighted by molar-refractivity contribution is -0.124. The number of nitrogens with zero attached hydrogens (tertiary/aromatic N) is 4. The topological polar surface area (TPSA) is 105 Å². The number of anilines is 2. The van der Waals surface area contributed by atoms with E-state index < -0.39 is 11.8 Å². The molecule has 0 spiro atoms. The van der Waals surface area contributed by atoms with Crippen LogP contribution in [0.4, 0.5) is 20.4 Å². The van der Waals surface area contributed by atoms with Gasteiger partial charge in [-0.1, -0.05) is 6.07 Å². The van der Waals surface area contributed by atoms with Gasteiger partial charge >= 0.3 is 0 Å². The molecule has 2 aromatic heterocycles. The predicted octanol–water partition coefficient (Wildman–Crippen LogP) is 4.01. The number of benzene rings is 1. The van der Waals surface area contributed by atoms with E-state index in [1.165, 1.54) is 0 Å². The molecule has 1 saturated heterocycles. The van der Waals surface area contributed by atoms with Gasteiger partial charge in [-0.05, 0) is 57.0 Å². The van der Waals surface area contributed by atoms with E-state index in [-0.39, 0.29) is 31.6 Å². The summed E-state index contributed by atoms with van der Waals surface area (Å²) in [5.41, 5.74) is 2.27. The summed E-state index contributed by atoms with van der Waals surface area (Å²) in [4.78, 5) is 21.6. The van der Waals surface area contributed by atoms with Crippen molar-refractivity contribution in [3.63, 3.8) is 0 Å². The lowest BCUT2D eigenvalue weighted by atomic mass is 9.86. The molecule has 3 heterocycles. The molecular weight excluding hydrogens is 440 g/mol. The van der Waals surface area contributed by atoms with E-state index in [0.29, 0.717) is 17.4 Å². The molecule has 1 amide bonds. The van der Waals surface area contributed by atoms with Crippen LogP contribution in [0.1, 0.15) is 38.5 Å². The summed E-state index contributed by atoms with van der Waals surface area (Å²) in [5.74, 6) is -2.35. The summed E-state index contributed by atoms with van der Waals surface area (Å²) in [5, 5.41) is 18.6. The van der Waals surface area contributed by atoms with Crippen molar-refractivity contribution >= 4 is 28.4 Å². The van der Waals surface area contributed by atoms with Crippen LogP contribution >= 0.6 is 0 Å². The van der Waals surface area contributed by atoms with Gasteiger partial charge in [0.1, 0.15) is 5.82 Å². The van der Waals surface area contributed by atoms with E-state index in [0.717, 1.165) is 48.4 Å². The molecule has 178 valence electrons. The monoisotopic (exact) mass is 467 g/mol. The number of alkyl halides is 2. The molecule has 3 aromatic rings. The van der Waals surface area contributed by atoms with Gasteiger partial charge in [0.2, 0.25) is 11.8 Å². The zero-order chi connectivity index (χ0) is 23.5. The Labute approximate surface area is 196 Å². The Balaban J connectivity index is 1.31. The number of nitrogens with one attached hydrogen (secondary N) is 3. The largest absolute Gasteiger partial charge is 0.366 e. The fourth-order valence-corrected chi connectivity index (χ4v) is 4.55. The second kappa shape index (κ2) is 9.54. The van der Waals surface area contributed by atoms with Crippen LogP contribution in [0, 0.1) is 5.92 Å². The van der Waals surface area contributed by atoms with Gasteiger partial charge in [0.05, 0.1) is 23.6 Å². The summed E-state index contributed by atoms with van der Waals surface area (Å²) in [7, 11) is 0. The Morgan fingerprint density at radius 2 is 1.79 bits per heavy atom. The molecule has 0 bridgehead atoms. The predicted molar refractivity (Wildman–Crippen MR) is 126 cm³/mol. The van der Waals surface area contributed by atoms with E-state index in [9.17, 15) is 13.6 Å². The number of amides is 1. The molecule has 2 fully saturated rings. The zero-order valence-corrected chi connectivity index (χ0v) is 18.7. The number of fused-ring (bicyclic) bond motifs is 1. The highest BCUT2D eigenvalue weighted by molar-refractivity contribution is 5.94. The van der Waals surface area contributed by atoms with E-state index in [1.54, 1.807) is 18.5 Å². The number of halogens is 2. The maximum absolute atomic E-state index is 13.4. The number of carbonyl (C=O) groups is 1. The average molecular weight is 468 g/mol. The minimum Gasteiger partial charge on any atom is -0.366 e. The van der Waals surface area contributed by atoms with Crippen molar-refractivity contribution in [3.8, 4) is 11.3 Å². The Bertz CT molecular complexity index is 1170. The number of aromatic nitrogens is 4. The van der Waals surface area contributed by atoms with Gasteiger partial charge in [0, 0.05) is 35.8 Å². The summed E-state index contributed by atoms with van der Waals surface area (Å²) in [6, 6.07) is 7.81. The number of hydrogen-bond acceptors (Lipinski definition) is 7. The van der Waals surface area contributed by atoms with E-state index in [4.69, 9.17) is 4.98 Å². The third-order valence-electron chi connectivity index (χ3n) is 6.55. The van der Waals surface area contributed by atoms with Crippen molar-refractivity contribution in [1.82, 2.24) is 25.5 Å². The first kappa shape index (κ1) is 22.5. The molecule has 1 saturated carbocycles. The van der Waals surface area contributed by atoms with Crippen LogP contribution in [-0.2, 0) is 4.79 Å². The molecule has 0 unspecified atom stereocenters. The highest BCUT2D eigenvalue weighted by Crippen LogP contribution is 2.36. The summed E-state index contributed by atoms with van der Waals surface area (Å²) in [6.07, 6.45) is 5.35. The van der Waals surface area contributed by atoms with Crippen LogP contribution in [0.25, 0.3) is 22.2 Å². The molecule has 0 atom stereocenters. The summed E-state index contributed by atoms with van der Waals surface area (Å²) >= 11 is 0. The molecular formula is C24H27F2N7O. The number of rotatable bonds is 5. The standard InChI is InChI=1S/C24H27F2N7O/c25-24(26)7-3-15(4-8-24)23(34)31-21-12-17-11-16(1-2-19(17)32-33-21)20-13-28-14-22(30-20)29-18-5-9-27-10-6-18/h1-2,11-15,18,27H,3-10H2,(H,29,30)(H,31,33,34). The highest BCUT2D eigenvalue weighted by Gasteiger charge is 2.37. The Kier molecular flexibility index (Phi) is 6.32. The average Bonchev–Trinajstić information content (AvgIpc) is 2.84. The van der Waals surface area contributed by atoms with Crippen LogP contribution in [0.2, 0.25) is 0 Å². The number of carbonyl (C=O) groups excluding carboxylic acids is 1. The van der Waals surface area contributed by atoms with Gasteiger partial charge in [0.15, 0.2) is 5.82 Å². The van der Waals surface area contributed by atoms with Crippen LogP contribution in [0.3, 0.4) is 0 Å². The van der Waals surface area contributed by atoms with Crippen LogP contribution < -0.4 is 16.0 Å². The SMILES string of the molecule is O=C(Nc1cc2cc(-c3cncc(NC4CCNCC4)n3)ccc2nn1)C1CCC(F)(F)CC1. The Hall–Kier alpha value is -3.27. The molecule has 34 heavy (non-hydrogen) atoms. The van der Waals surface area contributed by atoms with Crippen molar-refractivity contribution in [2.75, 3.05) is 23.7 Å². The normalized spacial score (nSPS) is 19.1. The van der Waals surface area contributed by atoms with Crippen molar-refractivity contribution in [2.45, 2.75) is 50.5 Å². The van der Waals surface area contributed by atoms with Gasteiger partial charge < -0.3 is 16.0 Å². The smallest absolute Gasteiger partial charge is 0.248 e. The Morgan fingerprint density at radius 3 is 2.59 bits per heavy atom. The third-order valence-corrected chi connectivity index (χ3v) is 6.55. The molecule has 2 aliphatic rings. The maximum Gasteiger partial charge on any atom is 0.248 e. The fraction of sp³-hybridized carbons (Fsp3) is 0.458. The molecule has 0 radical (unpaired) electrons. The maximum atomic E-state index is 13.4. The van der Waals surface area contributed by atoms with E-state index in [2.05, 4.69) is 31.1 Å². The van der Waals surface area contributed by atoms with Crippen molar-refractivity contribution in [2.24, 2.45) is 5.92 Å². The molecule has 1 aliphatic carbocycles. The van der Waals surface area contributed by atoms with Crippen molar-refractivity contribution in [3.05, 3.63) is 36.7 Å². The van der Waals surface area contributed by atoms with Crippen LogP contribution in [0.15, 0.2) is 36.7 Å². The van der Waals surface area contributed by atoms with Crippen LogP contribution in [-0.4, -0.2) is 51.1 Å². The second-order valence-electron chi connectivity index (χ2n) is 9.08. The van der Waals surface area contributed by atoms with Crippen molar-refractivity contribution < 1.29 is 13.6 Å². The summed E-state index contributed by atoms with van der Waals surface area (Å²) < 4.78 is 26.8. The van der Waals surface area contributed by atoms with Crippen LogP contribution in [0.5, 0.6) is 0 Å². The lowest BCUT2D eigenvalue weighted by Gasteiger charge is -2.27. The quantitative estimate of drug-likeness (QED) is 0.521. The molecule has 1 aromatic carbocycles. The zero-order valence-electron chi connectivity index (χ0n) is 18.7. The third kappa shape index (κ3) is 5.27. The minimum absolute atomic E-state index is 0.171. The second-order valence-corrected chi connectivity index (χ2v) is 9.08. The molecule has 10 heteroatoms.